The molecule has 1 aromatic carbocycles. The number of oxime groups is 2. The molecule has 0 bridgehead atoms. The molecule has 0 spiro atoms. The molecule has 1 heterocycles. The largest absolute Gasteiger partial charge is 0.411 e. The lowest BCUT2D eigenvalue weighted by Gasteiger charge is -2.22. The van der Waals surface area contributed by atoms with Gasteiger partial charge in [-0.25, -0.2) is 0 Å². The van der Waals surface area contributed by atoms with Gasteiger partial charge < -0.3 is 10.0 Å². The van der Waals surface area contributed by atoms with Crippen LogP contribution in [0.1, 0.15) is 25.8 Å². The van der Waals surface area contributed by atoms with Crippen molar-refractivity contribution < 1.29 is 10.0 Å². The first-order chi connectivity index (χ1) is 8.64. The summed E-state index contributed by atoms with van der Waals surface area (Å²) in [6.07, 6.45) is 2.90. The lowest BCUT2D eigenvalue weighted by molar-refractivity contribution is 0.0880. The molecule has 0 fully saturated rings. The first-order valence-corrected chi connectivity index (χ1v) is 6.09. The van der Waals surface area contributed by atoms with E-state index in [1.54, 1.807) is 0 Å². The van der Waals surface area contributed by atoms with Gasteiger partial charge in [0.1, 0.15) is 0 Å². The van der Waals surface area contributed by atoms with E-state index in [4.69, 9.17) is 10.0 Å². The van der Waals surface area contributed by atoms with Crippen molar-refractivity contribution in [3.8, 4) is 0 Å². The third-order valence-electron chi connectivity index (χ3n) is 3.43. The van der Waals surface area contributed by atoms with Crippen molar-refractivity contribution in [2.45, 2.75) is 32.8 Å². The standard InChI is InChI=1S/C14H18N2O2/c1-14(2)12(16-18-13(14)10-15-17)9-8-11-6-4-3-5-7-11/h3-7,10,13,17H,8-9H2,1-2H3/t13-/m0/s1. The van der Waals surface area contributed by atoms with E-state index >= 15 is 0 Å². The third kappa shape index (κ3) is 2.53. The maximum Gasteiger partial charge on any atom is 0.176 e. The van der Waals surface area contributed by atoms with Gasteiger partial charge in [-0.3, -0.25) is 0 Å². The van der Waals surface area contributed by atoms with Crippen LogP contribution in [0.5, 0.6) is 0 Å². The number of nitrogens with zero attached hydrogens (tertiary/aromatic N) is 2. The molecular formula is C14H18N2O2. The molecule has 0 saturated carbocycles. The van der Waals surface area contributed by atoms with Crippen LogP contribution in [0.3, 0.4) is 0 Å². The van der Waals surface area contributed by atoms with Crippen molar-refractivity contribution in [2.24, 2.45) is 15.7 Å². The Hall–Kier alpha value is -1.84. The Morgan fingerprint density at radius 2 is 2.06 bits per heavy atom. The lowest BCUT2D eigenvalue weighted by Crippen LogP contribution is -2.34. The van der Waals surface area contributed by atoms with Crippen LogP contribution in [-0.4, -0.2) is 23.2 Å². The van der Waals surface area contributed by atoms with E-state index in [1.165, 1.54) is 11.8 Å². The van der Waals surface area contributed by atoms with Crippen LogP contribution >= 0.6 is 0 Å². The van der Waals surface area contributed by atoms with Crippen molar-refractivity contribution >= 4 is 11.9 Å². The number of hydrogen-bond acceptors (Lipinski definition) is 4. The van der Waals surface area contributed by atoms with Gasteiger partial charge in [0.2, 0.25) is 0 Å². The molecule has 1 aliphatic rings. The molecule has 18 heavy (non-hydrogen) atoms. The Bertz CT molecular complexity index is 452. The van der Waals surface area contributed by atoms with Gasteiger partial charge in [0, 0.05) is 0 Å². The number of hydrogen-bond donors (Lipinski definition) is 1. The highest BCUT2D eigenvalue weighted by Crippen LogP contribution is 2.32. The highest BCUT2D eigenvalue weighted by Gasteiger charge is 2.40. The second-order valence-corrected chi connectivity index (χ2v) is 5.04. The number of benzene rings is 1. The van der Waals surface area contributed by atoms with E-state index in [0.717, 1.165) is 18.6 Å². The fourth-order valence-electron chi connectivity index (χ4n) is 2.08. The summed E-state index contributed by atoms with van der Waals surface area (Å²) in [5.41, 5.74) is 2.08. The predicted octanol–water partition coefficient (Wildman–Crippen LogP) is 2.86. The van der Waals surface area contributed by atoms with Crippen molar-refractivity contribution in [3.63, 3.8) is 0 Å². The topological polar surface area (TPSA) is 54.2 Å². The van der Waals surface area contributed by atoms with Crippen LogP contribution in [0.4, 0.5) is 0 Å². The Morgan fingerprint density at radius 1 is 1.33 bits per heavy atom. The Morgan fingerprint density at radius 3 is 2.72 bits per heavy atom. The summed E-state index contributed by atoms with van der Waals surface area (Å²) in [5, 5.41) is 15.8. The van der Waals surface area contributed by atoms with Gasteiger partial charge in [0.25, 0.3) is 0 Å². The van der Waals surface area contributed by atoms with Crippen LogP contribution in [0, 0.1) is 5.41 Å². The second kappa shape index (κ2) is 5.21. The van der Waals surface area contributed by atoms with Crippen molar-refractivity contribution in [1.29, 1.82) is 0 Å². The molecule has 1 atom stereocenters. The predicted molar refractivity (Wildman–Crippen MR) is 71.1 cm³/mol. The molecule has 1 N–H and O–H groups in total. The van der Waals surface area contributed by atoms with Gasteiger partial charge in [0.05, 0.1) is 17.3 Å². The van der Waals surface area contributed by atoms with Gasteiger partial charge in [-0.2, -0.15) is 0 Å². The van der Waals surface area contributed by atoms with Crippen molar-refractivity contribution in [1.82, 2.24) is 0 Å². The normalized spacial score (nSPS) is 21.9. The van der Waals surface area contributed by atoms with Gasteiger partial charge >= 0.3 is 0 Å². The molecule has 0 aliphatic carbocycles. The molecule has 96 valence electrons. The monoisotopic (exact) mass is 246 g/mol. The zero-order chi connectivity index (χ0) is 13.0. The molecule has 4 heteroatoms. The summed E-state index contributed by atoms with van der Waals surface area (Å²) in [6.45, 7) is 4.10. The van der Waals surface area contributed by atoms with Crippen molar-refractivity contribution in [2.75, 3.05) is 0 Å². The summed E-state index contributed by atoms with van der Waals surface area (Å²) >= 11 is 0. The summed E-state index contributed by atoms with van der Waals surface area (Å²) < 4.78 is 0. The summed E-state index contributed by atoms with van der Waals surface area (Å²) in [7, 11) is 0. The molecule has 4 nitrogen and oxygen atoms in total. The van der Waals surface area contributed by atoms with Crippen LogP contribution in [0.15, 0.2) is 40.6 Å². The Kier molecular flexibility index (Phi) is 3.65. The average Bonchev–Trinajstić information content (AvgIpc) is 2.64. The van der Waals surface area contributed by atoms with Crippen LogP contribution < -0.4 is 0 Å². The second-order valence-electron chi connectivity index (χ2n) is 5.04. The first-order valence-electron chi connectivity index (χ1n) is 6.09. The molecule has 1 aliphatic heterocycles. The minimum Gasteiger partial charge on any atom is -0.411 e. The zero-order valence-corrected chi connectivity index (χ0v) is 10.7. The fourth-order valence-corrected chi connectivity index (χ4v) is 2.08. The van der Waals surface area contributed by atoms with Gasteiger partial charge in [-0.15, -0.1) is 0 Å². The van der Waals surface area contributed by atoms with E-state index in [9.17, 15) is 0 Å². The maximum atomic E-state index is 8.59. The van der Waals surface area contributed by atoms with Crippen LogP contribution in [-0.2, 0) is 11.3 Å². The minimum atomic E-state index is -0.284. The van der Waals surface area contributed by atoms with E-state index in [1.807, 2.05) is 18.2 Å². The quantitative estimate of drug-likeness (QED) is 0.504. The van der Waals surface area contributed by atoms with E-state index in [0.29, 0.717) is 0 Å². The highest BCUT2D eigenvalue weighted by atomic mass is 16.6. The minimum absolute atomic E-state index is 0.221. The fraction of sp³-hybridized carbons (Fsp3) is 0.429. The highest BCUT2D eigenvalue weighted by molar-refractivity contribution is 5.94. The smallest absolute Gasteiger partial charge is 0.176 e. The molecule has 2 rings (SSSR count). The molecule has 0 radical (unpaired) electrons. The summed E-state index contributed by atoms with van der Waals surface area (Å²) in [6, 6.07) is 10.3. The molecule has 0 saturated heterocycles. The van der Waals surface area contributed by atoms with Crippen molar-refractivity contribution in [3.05, 3.63) is 35.9 Å². The summed E-state index contributed by atoms with van der Waals surface area (Å²) in [5.74, 6) is 0. The Balaban J connectivity index is 1.99. The lowest BCUT2D eigenvalue weighted by atomic mass is 9.80. The molecule has 0 aromatic heterocycles. The third-order valence-corrected chi connectivity index (χ3v) is 3.43. The van der Waals surface area contributed by atoms with E-state index < -0.39 is 0 Å². The number of rotatable bonds is 4. The van der Waals surface area contributed by atoms with E-state index in [-0.39, 0.29) is 11.5 Å². The first kappa shape index (κ1) is 12.6. The summed E-state index contributed by atoms with van der Waals surface area (Å²) in [4.78, 5) is 5.29. The van der Waals surface area contributed by atoms with E-state index in [2.05, 4.69) is 36.3 Å². The van der Waals surface area contributed by atoms with Crippen LogP contribution in [0.2, 0.25) is 0 Å². The molecule has 0 unspecified atom stereocenters. The van der Waals surface area contributed by atoms with Gasteiger partial charge in [-0.1, -0.05) is 54.5 Å². The Labute approximate surface area is 107 Å². The van der Waals surface area contributed by atoms with Gasteiger partial charge in [-0.05, 0) is 18.4 Å². The van der Waals surface area contributed by atoms with Crippen LogP contribution in [0.25, 0.3) is 0 Å². The number of aryl methyl sites for hydroxylation is 1. The zero-order valence-electron chi connectivity index (χ0n) is 10.7. The SMILES string of the molecule is CC1(C)C(CCc2ccccc2)=NO[C@H]1C=NO. The van der Waals surface area contributed by atoms with Gasteiger partial charge in [0.15, 0.2) is 6.10 Å². The average molecular weight is 246 g/mol. The molecule has 0 amide bonds. The molecular weight excluding hydrogens is 228 g/mol. The maximum absolute atomic E-state index is 8.59. The molecule has 1 aromatic rings.